The van der Waals surface area contributed by atoms with Crippen LogP contribution in [0.2, 0.25) is 5.02 Å². The summed E-state index contributed by atoms with van der Waals surface area (Å²) in [5, 5.41) is 4.21. The molecule has 10 heteroatoms. The van der Waals surface area contributed by atoms with Gasteiger partial charge in [-0.25, -0.2) is 9.36 Å². The number of hydrogen-bond acceptors (Lipinski definition) is 3. The first kappa shape index (κ1) is 23.5. The molecule has 2 aliphatic heterocycles. The maximum Gasteiger partial charge on any atom is 0.466 e. The lowest BCUT2D eigenvalue weighted by molar-refractivity contribution is 0.196. The molecular weight excluding hydrogens is 441 g/mol. The van der Waals surface area contributed by atoms with Crippen LogP contribution in [0.1, 0.15) is 12.0 Å². The molecule has 2 aromatic carbocycles. The molecule has 0 radical (unpaired) electrons. The van der Waals surface area contributed by atoms with Gasteiger partial charge in [0, 0.05) is 30.3 Å². The van der Waals surface area contributed by atoms with Gasteiger partial charge in [0.05, 0.1) is 0 Å². The molecule has 2 aromatic rings. The largest absolute Gasteiger partial charge is 0.466 e. The van der Waals surface area contributed by atoms with E-state index in [1.54, 1.807) is 0 Å². The van der Waals surface area contributed by atoms with Gasteiger partial charge in [-0.2, -0.15) is 0 Å². The predicted octanol–water partition coefficient (Wildman–Crippen LogP) is 3.14. The number of urea groups is 1. The summed E-state index contributed by atoms with van der Waals surface area (Å²) in [6.07, 6.45) is 4.12. The lowest BCUT2D eigenvalue weighted by Crippen LogP contribution is -2.51. The Morgan fingerprint density at radius 2 is 1.68 bits per heavy atom. The Balaban J connectivity index is 0.000000491. The minimum absolute atomic E-state index is 0.0336. The van der Waals surface area contributed by atoms with E-state index in [4.69, 9.17) is 30.8 Å². The number of halogens is 1. The summed E-state index contributed by atoms with van der Waals surface area (Å²) in [6, 6.07) is 17.9. The lowest BCUT2D eigenvalue weighted by atomic mass is 9.98. The molecule has 0 saturated carbocycles. The first-order valence-electron chi connectivity index (χ1n) is 9.80. The number of benzene rings is 2. The average Bonchev–Trinajstić information content (AvgIpc) is 3.10. The van der Waals surface area contributed by atoms with Gasteiger partial charge in [-0.15, -0.1) is 0 Å². The number of nitrogens with one attached hydrogen (secondary N) is 1. The zero-order chi connectivity index (χ0) is 22.4. The number of phosphoric acid groups is 1. The van der Waals surface area contributed by atoms with E-state index in [9.17, 15) is 4.79 Å². The van der Waals surface area contributed by atoms with Gasteiger partial charge < -0.3 is 19.6 Å². The van der Waals surface area contributed by atoms with Crippen molar-refractivity contribution in [3.8, 4) is 0 Å². The third-order valence-corrected chi connectivity index (χ3v) is 5.23. The number of carbonyl (C=O) groups is 1. The first-order chi connectivity index (χ1) is 14.7. The second kappa shape index (κ2) is 10.4. The van der Waals surface area contributed by atoms with Crippen LogP contribution >= 0.6 is 19.4 Å². The molecule has 2 heterocycles. The van der Waals surface area contributed by atoms with Gasteiger partial charge in [0.15, 0.2) is 0 Å². The van der Waals surface area contributed by atoms with Gasteiger partial charge in [-0.05, 0) is 48.2 Å². The highest BCUT2D eigenvalue weighted by Gasteiger charge is 2.36. The molecule has 0 bridgehead atoms. The predicted molar refractivity (Wildman–Crippen MR) is 120 cm³/mol. The van der Waals surface area contributed by atoms with Gasteiger partial charge in [0.1, 0.15) is 6.17 Å². The van der Waals surface area contributed by atoms with Crippen LogP contribution in [0, 0.1) is 0 Å². The van der Waals surface area contributed by atoms with Crippen LogP contribution in [0.5, 0.6) is 0 Å². The van der Waals surface area contributed by atoms with Crippen molar-refractivity contribution in [1.82, 2.24) is 10.2 Å². The third-order valence-electron chi connectivity index (χ3n) is 4.98. The summed E-state index contributed by atoms with van der Waals surface area (Å²) >= 11 is 5.97. The zero-order valence-electron chi connectivity index (χ0n) is 16.8. The van der Waals surface area contributed by atoms with Crippen LogP contribution < -0.4 is 10.2 Å². The van der Waals surface area contributed by atoms with Gasteiger partial charge in [0.2, 0.25) is 0 Å². The fourth-order valence-electron chi connectivity index (χ4n) is 3.69. The van der Waals surface area contributed by atoms with E-state index in [-0.39, 0.29) is 12.2 Å². The Bertz CT molecular complexity index is 956. The van der Waals surface area contributed by atoms with Crippen LogP contribution in [0.3, 0.4) is 0 Å². The van der Waals surface area contributed by atoms with E-state index in [2.05, 4.69) is 35.7 Å². The Morgan fingerprint density at radius 3 is 2.32 bits per heavy atom. The molecule has 1 saturated heterocycles. The molecule has 166 valence electrons. The summed E-state index contributed by atoms with van der Waals surface area (Å²) in [5.74, 6) is 0. The average molecular weight is 466 g/mol. The highest BCUT2D eigenvalue weighted by molar-refractivity contribution is 7.45. The van der Waals surface area contributed by atoms with E-state index in [0.29, 0.717) is 18.1 Å². The summed E-state index contributed by atoms with van der Waals surface area (Å²) in [7, 11) is -4.64. The minimum Gasteiger partial charge on any atom is -0.303 e. The van der Waals surface area contributed by atoms with Crippen LogP contribution in [0.15, 0.2) is 66.2 Å². The Hall–Kier alpha value is -2.19. The van der Waals surface area contributed by atoms with Crippen LogP contribution in [0.4, 0.5) is 10.5 Å². The Kier molecular flexibility index (Phi) is 7.89. The number of nitrogens with zero attached hydrogens (tertiary/aromatic N) is 2. The Labute approximate surface area is 186 Å². The van der Waals surface area contributed by atoms with Gasteiger partial charge in [-0.3, -0.25) is 10.2 Å². The molecule has 0 aliphatic carbocycles. The van der Waals surface area contributed by atoms with Crippen LogP contribution in [-0.2, 0) is 11.0 Å². The summed E-state index contributed by atoms with van der Waals surface area (Å²) < 4.78 is 8.88. The molecule has 8 nitrogen and oxygen atoms in total. The van der Waals surface area contributed by atoms with E-state index in [1.807, 2.05) is 40.1 Å². The van der Waals surface area contributed by atoms with Gasteiger partial charge in [0.25, 0.3) is 0 Å². The molecule has 2 aliphatic rings. The SMILES string of the molecule is O=C1N(c2ccc(Cl)cc2)CCN1C1NCCC=C1Cc1ccccc1.O=P(O)(O)O. The first-order valence-corrected chi connectivity index (χ1v) is 11.7. The molecule has 1 fully saturated rings. The smallest absolute Gasteiger partial charge is 0.303 e. The maximum absolute atomic E-state index is 13.0. The summed E-state index contributed by atoms with van der Waals surface area (Å²) in [5.41, 5.74) is 3.44. The summed E-state index contributed by atoms with van der Waals surface area (Å²) in [6.45, 7) is 2.30. The quantitative estimate of drug-likeness (QED) is 0.407. The van der Waals surface area contributed by atoms with Crippen LogP contribution in [0.25, 0.3) is 0 Å². The van der Waals surface area contributed by atoms with Crippen molar-refractivity contribution in [2.24, 2.45) is 0 Å². The molecule has 31 heavy (non-hydrogen) atoms. The van der Waals surface area contributed by atoms with Crippen molar-refractivity contribution in [2.75, 3.05) is 24.5 Å². The number of hydrogen-bond donors (Lipinski definition) is 4. The number of rotatable bonds is 4. The van der Waals surface area contributed by atoms with Crippen molar-refractivity contribution in [1.29, 1.82) is 0 Å². The third kappa shape index (κ3) is 6.90. The van der Waals surface area contributed by atoms with Crippen molar-refractivity contribution >= 4 is 31.1 Å². The Morgan fingerprint density at radius 1 is 1.03 bits per heavy atom. The van der Waals surface area contributed by atoms with Crippen molar-refractivity contribution in [2.45, 2.75) is 19.0 Å². The zero-order valence-corrected chi connectivity index (χ0v) is 18.4. The fraction of sp³-hybridized carbons (Fsp3) is 0.286. The molecule has 1 atom stereocenters. The second-order valence-corrected chi connectivity index (χ2v) is 8.67. The standard InChI is InChI=1S/C21H22ClN3O.H3O4P/c22-18-8-10-19(11-9-18)24-13-14-25(21(24)26)20-17(7-4-12-23-20)15-16-5-2-1-3-6-16;1-5(2,3)4/h1-3,5-11,20,23H,4,12-15H2;(H3,1,2,3,4). The van der Waals surface area contributed by atoms with E-state index in [0.717, 1.165) is 25.1 Å². The number of amides is 2. The van der Waals surface area contributed by atoms with E-state index < -0.39 is 7.82 Å². The van der Waals surface area contributed by atoms with Gasteiger partial charge >= 0.3 is 13.9 Å². The molecule has 0 spiro atoms. The second-order valence-electron chi connectivity index (χ2n) is 7.20. The number of anilines is 1. The fourth-order valence-corrected chi connectivity index (χ4v) is 3.81. The maximum atomic E-state index is 13.0. The number of carbonyl (C=O) groups excluding carboxylic acids is 1. The minimum atomic E-state index is -4.64. The molecule has 1 unspecified atom stereocenters. The monoisotopic (exact) mass is 465 g/mol. The van der Waals surface area contributed by atoms with E-state index in [1.165, 1.54) is 11.1 Å². The summed E-state index contributed by atoms with van der Waals surface area (Å²) in [4.78, 5) is 38.4. The van der Waals surface area contributed by atoms with Gasteiger partial charge in [-0.1, -0.05) is 48.0 Å². The normalized spacial score (nSPS) is 19.0. The molecular formula is C21H25ClN3O5P. The highest BCUT2D eigenvalue weighted by atomic mass is 35.5. The molecule has 2 amide bonds. The van der Waals surface area contributed by atoms with Crippen molar-refractivity contribution in [3.05, 3.63) is 76.8 Å². The molecule has 4 N–H and O–H groups in total. The molecule has 0 aromatic heterocycles. The van der Waals surface area contributed by atoms with Crippen molar-refractivity contribution in [3.63, 3.8) is 0 Å². The lowest BCUT2D eigenvalue weighted by Gasteiger charge is -2.33. The van der Waals surface area contributed by atoms with Crippen molar-refractivity contribution < 1.29 is 24.0 Å². The van der Waals surface area contributed by atoms with E-state index >= 15 is 0 Å². The van der Waals surface area contributed by atoms with Crippen LogP contribution in [-0.4, -0.2) is 51.4 Å². The topological polar surface area (TPSA) is 113 Å². The highest BCUT2D eigenvalue weighted by Crippen LogP contribution is 2.27. The molecule has 4 rings (SSSR count).